The number of Topliss-reactive ketones (excluding diaryl/α,β-unsaturated/α-hetero) is 1. The Hall–Kier alpha value is -0.330. The summed E-state index contributed by atoms with van der Waals surface area (Å²) in [5.74, 6) is 1.46. The first-order valence-electron chi connectivity index (χ1n) is 3.73. The van der Waals surface area contributed by atoms with E-state index >= 15 is 0 Å². The predicted molar refractivity (Wildman–Crippen MR) is 37.2 cm³/mol. The van der Waals surface area contributed by atoms with Gasteiger partial charge in [-0.05, 0) is 18.8 Å². The standard InChI is InChI=1S/C8H14O/c1-6-3-4-7(2)8(9)5-6/h6-7H,3-5H2,1-2H3/t6-,7?/m1/s1. The van der Waals surface area contributed by atoms with Gasteiger partial charge in [-0.3, -0.25) is 4.79 Å². The first kappa shape index (κ1) is 6.79. The number of hydrogen-bond donors (Lipinski definition) is 0. The second-order valence-electron chi connectivity index (χ2n) is 3.25. The molecule has 1 nitrogen and oxygen atoms in total. The summed E-state index contributed by atoms with van der Waals surface area (Å²) in [4.78, 5) is 11.0. The summed E-state index contributed by atoms with van der Waals surface area (Å²) in [5.41, 5.74) is 0. The molecular weight excluding hydrogens is 112 g/mol. The van der Waals surface area contributed by atoms with E-state index in [1.54, 1.807) is 0 Å². The van der Waals surface area contributed by atoms with Gasteiger partial charge in [-0.1, -0.05) is 13.8 Å². The number of carbonyl (C=O) groups excluding carboxylic acids is 1. The van der Waals surface area contributed by atoms with Crippen molar-refractivity contribution in [3.05, 3.63) is 0 Å². The molecule has 0 aromatic rings. The van der Waals surface area contributed by atoms with Crippen molar-refractivity contribution in [2.24, 2.45) is 11.8 Å². The second kappa shape index (κ2) is 2.51. The molecule has 0 spiro atoms. The van der Waals surface area contributed by atoms with E-state index in [0.29, 0.717) is 17.6 Å². The van der Waals surface area contributed by atoms with Crippen LogP contribution in [0.5, 0.6) is 0 Å². The first-order valence-corrected chi connectivity index (χ1v) is 3.73. The lowest BCUT2D eigenvalue weighted by Gasteiger charge is -2.21. The molecule has 9 heavy (non-hydrogen) atoms. The lowest BCUT2D eigenvalue weighted by atomic mass is 9.83. The molecule has 1 unspecified atom stereocenters. The van der Waals surface area contributed by atoms with Crippen molar-refractivity contribution in [1.82, 2.24) is 0 Å². The Bertz CT molecular complexity index is 118. The Morgan fingerprint density at radius 1 is 1.33 bits per heavy atom. The van der Waals surface area contributed by atoms with Crippen LogP contribution in [0.3, 0.4) is 0 Å². The van der Waals surface area contributed by atoms with E-state index in [-0.39, 0.29) is 0 Å². The van der Waals surface area contributed by atoms with Crippen molar-refractivity contribution in [1.29, 1.82) is 0 Å². The smallest absolute Gasteiger partial charge is 0.135 e. The molecule has 1 heteroatoms. The molecule has 1 aliphatic rings. The van der Waals surface area contributed by atoms with Crippen LogP contribution >= 0.6 is 0 Å². The van der Waals surface area contributed by atoms with Gasteiger partial charge in [-0.15, -0.1) is 0 Å². The summed E-state index contributed by atoms with van der Waals surface area (Å²) < 4.78 is 0. The molecule has 1 aliphatic carbocycles. The van der Waals surface area contributed by atoms with E-state index in [0.717, 1.165) is 12.8 Å². The van der Waals surface area contributed by atoms with Gasteiger partial charge in [0, 0.05) is 12.3 Å². The van der Waals surface area contributed by atoms with Crippen LogP contribution in [0.4, 0.5) is 0 Å². The maximum atomic E-state index is 11.0. The lowest BCUT2D eigenvalue weighted by molar-refractivity contribution is -0.125. The summed E-state index contributed by atoms with van der Waals surface area (Å²) in [6.45, 7) is 4.19. The van der Waals surface area contributed by atoms with Crippen LogP contribution in [0.25, 0.3) is 0 Å². The van der Waals surface area contributed by atoms with Crippen LogP contribution in [0.2, 0.25) is 0 Å². The normalized spacial score (nSPS) is 36.9. The molecule has 1 fully saturated rings. The topological polar surface area (TPSA) is 17.1 Å². The van der Waals surface area contributed by atoms with Crippen LogP contribution in [0, 0.1) is 11.8 Å². The number of rotatable bonds is 0. The van der Waals surface area contributed by atoms with Gasteiger partial charge in [0.25, 0.3) is 0 Å². The maximum absolute atomic E-state index is 11.0. The van der Waals surface area contributed by atoms with Gasteiger partial charge in [0.05, 0.1) is 0 Å². The molecule has 0 bridgehead atoms. The Labute approximate surface area is 56.4 Å². The second-order valence-corrected chi connectivity index (χ2v) is 3.25. The Morgan fingerprint density at radius 3 is 2.44 bits per heavy atom. The molecule has 0 aromatic carbocycles. The molecule has 1 saturated carbocycles. The molecule has 52 valence electrons. The van der Waals surface area contributed by atoms with Crippen LogP contribution in [0.15, 0.2) is 0 Å². The van der Waals surface area contributed by atoms with E-state index in [9.17, 15) is 4.79 Å². The van der Waals surface area contributed by atoms with Gasteiger partial charge < -0.3 is 0 Å². The zero-order chi connectivity index (χ0) is 6.85. The highest BCUT2D eigenvalue weighted by molar-refractivity contribution is 5.81. The largest absolute Gasteiger partial charge is 0.299 e. The van der Waals surface area contributed by atoms with Gasteiger partial charge >= 0.3 is 0 Å². The van der Waals surface area contributed by atoms with E-state index in [1.807, 2.05) is 6.92 Å². The number of carbonyl (C=O) groups is 1. The highest BCUT2D eigenvalue weighted by atomic mass is 16.1. The van der Waals surface area contributed by atoms with Gasteiger partial charge in [0.1, 0.15) is 5.78 Å². The fraction of sp³-hybridized carbons (Fsp3) is 0.875. The van der Waals surface area contributed by atoms with E-state index in [4.69, 9.17) is 0 Å². The molecule has 1 rings (SSSR count). The molecule has 0 heterocycles. The molecule has 2 atom stereocenters. The minimum absolute atomic E-state index is 0.348. The third-order valence-corrected chi connectivity index (χ3v) is 2.19. The van der Waals surface area contributed by atoms with Gasteiger partial charge in [0.15, 0.2) is 0 Å². The molecule has 0 saturated heterocycles. The molecule has 0 amide bonds. The summed E-state index contributed by atoms with van der Waals surface area (Å²) in [5, 5.41) is 0. The van der Waals surface area contributed by atoms with Gasteiger partial charge in [0.2, 0.25) is 0 Å². The Kier molecular flexibility index (Phi) is 1.89. The average Bonchev–Trinajstić information content (AvgIpc) is 1.80. The van der Waals surface area contributed by atoms with Crippen molar-refractivity contribution >= 4 is 5.78 Å². The Morgan fingerprint density at radius 2 is 2.00 bits per heavy atom. The van der Waals surface area contributed by atoms with Crippen LogP contribution < -0.4 is 0 Å². The fourth-order valence-electron chi connectivity index (χ4n) is 1.34. The zero-order valence-electron chi connectivity index (χ0n) is 6.18. The van der Waals surface area contributed by atoms with Crippen molar-refractivity contribution in [2.45, 2.75) is 33.1 Å². The quantitative estimate of drug-likeness (QED) is 0.485. The summed E-state index contributed by atoms with van der Waals surface area (Å²) >= 11 is 0. The van der Waals surface area contributed by atoms with Crippen molar-refractivity contribution < 1.29 is 4.79 Å². The predicted octanol–water partition coefficient (Wildman–Crippen LogP) is 2.01. The van der Waals surface area contributed by atoms with Crippen LogP contribution in [-0.4, -0.2) is 5.78 Å². The molecular formula is C8H14O. The lowest BCUT2D eigenvalue weighted by Crippen LogP contribution is -2.20. The van der Waals surface area contributed by atoms with Crippen molar-refractivity contribution in [3.63, 3.8) is 0 Å². The highest BCUT2D eigenvalue weighted by Crippen LogP contribution is 2.24. The van der Waals surface area contributed by atoms with Crippen molar-refractivity contribution in [3.8, 4) is 0 Å². The summed E-state index contributed by atoms with van der Waals surface area (Å²) in [6, 6.07) is 0. The average molecular weight is 126 g/mol. The molecule has 0 aromatic heterocycles. The SMILES string of the molecule is CC1CC[C@@H](C)CC1=O. The summed E-state index contributed by atoms with van der Waals surface area (Å²) in [6.07, 6.45) is 3.17. The summed E-state index contributed by atoms with van der Waals surface area (Å²) in [7, 11) is 0. The van der Waals surface area contributed by atoms with Gasteiger partial charge in [-0.2, -0.15) is 0 Å². The highest BCUT2D eigenvalue weighted by Gasteiger charge is 2.21. The van der Waals surface area contributed by atoms with Crippen LogP contribution in [0.1, 0.15) is 33.1 Å². The van der Waals surface area contributed by atoms with E-state index in [1.165, 1.54) is 6.42 Å². The maximum Gasteiger partial charge on any atom is 0.135 e. The zero-order valence-corrected chi connectivity index (χ0v) is 6.18. The van der Waals surface area contributed by atoms with Crippen LogP contribution in [-0.2, 0) is 4.79 Å². The Balaban J connectivity index is 2.44. The number of ketones is 1. The molecule has 0 aliphatic heterocycles. The number of hydrogen-bond acceptors (Lipinski definition) is 1. The van der Waals surface area contributed by atoms with Gasteiger partial charge in [-0.25, -0.2) is 0 Å². The minimum atomic E-state index is 0.348. The fourth-order valence-corrected chi connectivity index (χ4v) is 1.34. The van der Waals surface area contributed by atoms with Crippen molar-refractivity contribution in [2.75, 3.05) is 0 Å². The molecule has 0 N–H and O–H groups in total. The monoisotopic (exact) mass is 126 g/mol. The first-order chi connectivity index (χ1) is 4.20. The molecule has 0 radical (unpaired) electrons. The third-order valence-electron chi connectivity index (χ3n) is 2.19. The van der Waals surface area contributed by atoms with E-state index < -0.39 is 0 Å². The third kappa shape index (κ3) is 1.54. The minimum Gasteiger partial charge on any atom is -0.299 e. The van der Waals surface area contributed by atoms with E-state index in [2.05, 4.69) is 6.92 Å².